The van der Waals surface area contributed by atoms with Gasteiger partial charge in [0.25, 0.3) is 0 Å². The van der Waals surface area contributed by atoms with Gasteiger partial charge in [0.2, 0.25) is 5.91 Å². The second-order valence-electron chi connectivity index (χ2n) is 3.40. The Hall–Kier alpha value is -1.10. The van der Waals surface area contributed by atoms with Crippen molar-refractivity contribution in [1.82, 2.24) is 10.2 Å². The zero-order valence-corrected chi connectivity index (χ0v) is 8.32. The van der Waals surface area contributed by atoms with Gasteiger partial charge in [-0.2, -0.15) is 0 Å². The molecule has 1 heterocycles. The van der Waals surface area contributed by atoms with Gasteiger partial charge in [0.1, 0.15) is 6.04 Å². The van der Waals surface area contributed by atoms with Gasteiger partial charge in [-0.3, -0.25) is 14.5 Å². The molecule has 80 valence electrons. The third kappa shape index (κ3) is 2.70. The zero-order chi connectivity index (χ0) is 10.6. The fourth-order valence-corrected chi connectivity index (χ4v) is 1.68. The average Bonchev–Trinajstić information content (AvgIpc) is 2.32. The van der Waals surface area contributed by atoms with E-state index in [1.807, 2.05) is 11.8 Å². The van der Waals surface area contributed by atoms with Crippen LogP contribution in [-0.2, 0) is 9.59 Å². The summed E-state index contributed by atoms with van der Waals surface area (Å²) in [5.74, 6) is -0.797. The number of hydrogen-bond donors (Lipinski definition) is 2. The Morgan fingerprint density at radius 1 is 1.64 bits per heavy atom. The van der Waals surface area contributed by atoms with Crippen LogP contribution in [0.4, 0.5) is 0 Å². The highest BCUT2D eigenvalue weighted by molar-refractivity contribution is 5.77. The Labute approximate surface area is 83.1 Å². The predicted octanol–water partition coefficient (Wildman–Crippen LogP) is -0.328. The maximum Gasteiger partial charge on any atom is 0.320 e. The lowest BCUT2D eigenvalue weighted by Crippen LogP contribution is -2.42. The lowest BCUT2D eigenvalue weighted by atomic mass is 10.2. The molecule has 5 heteroatoms. The fourth-order valence-electron chi connectivity index (χ4n) is 1.68. The van der Waals surface area contributed by atoms with E-state index < -0.39 is 12.0 Å². The Kier molecular flexibility index (Phi) is 3.88. The Bertz CT molecular complexity index is 230. The highest BCUT2D eigenvalue weighted by atomic mass is 16.4. The molecule has 0 aromatic carbocycles. The van der Waals surface area contributed by atoms with Crippen LogP contribution in [0, 0.1) is 0 Å². The van der Waals surface area contributed by atoms with Crippen molar-refractivity contribution in [2.75, 3.05) is 19.6 Å². The molecule has 5 nitrogen and oxygen atoms in total. The molecule has 1 atom stereocenters. The minimum absolute atomic E-state index is 0.00717. The smallest absolute Gasteiger partial charge is 0.320 e. The van der Waals surface area contributed by atoms with Crippen molar-refractivity contribution in [1.29, 1.82) is 0 Å². The van der Waals surface area contributed by atoms with Crippen molar-refractivity contribution < 1.29 is 14.7 Å². The molecule has 1 unspecified atom stereocenters. The molecule has 2 N–H and O–H groups in total. The molecule has 0 radical (unpaired) electrons. The Balaban J connectivity index is 2.57. The molecule has 1 aliphatic heterocycles. The summed E-state index contributed by atoms with van der Waals surface area (Å²) in [6.45, 7) is 3.55. The van der Waals surface area contributed by atoms with Gasteiger partial charge in [0.15, 0.2) is 0 Å². The summed E-state index contributed by atoms with van der Waals surface area (Å²) >= 11 is 0. The van der Waals surface area contributed by atoms with E-state index in [9.17, 15) is 9.59 Å². The van der Waals surface area contributed by atoms with Gasteiger partial charge in [-0.05, 0) is 6.42 Å². The number of nitrogens with one attached hydrogen (secondary N) is 1. The topological polar surface area (TPSA) is 69.6 Å². The van der Waals surface area contributed by atoms with Crippen LogP contribution in [0.25, 0.3) is 0 Å². The monoisotopic (exact) mass is 200 g/mol. The summed E-state index contributed by atoms with van der Waals surface area (Å²) < 4.78 is 0. The lowest BCUT2D eigenvalue weighted by Gasteiger charge is -2.25. The summed E-state index contributed by atoms with van der Waals surface area (Å²) in [7, 11) is 0. The molecule has 0 aromatic rings. The summed E-state index contributed by atoms with van der Waals surface area (Å²) in [5.41, 5.74) is 0. The molecular weight excluding hydrogens is 184 g/mol. The number of rotatable bonds is 3. The second kappa shape index (κ2) is 4.95. The van der Waals surface area contributed by atoms with Crippen LogP contribution >= 0.6 is 0 Å². The second-order valence-corrected chi connectivity index (χ2v) is 3.40. The fraction of sp³-hybridized carbons (Fsp3) is 0.778. The third-order valence-corrected chi connectivity index (χ3v) is 2.46. The first kappa shape index (κ1) is 11.0. The zero-order valence-electron chi connectivity index (χ0n) is 8.32. The maximum absolute atomic E-state index is 11.0. The van der Waals surface area contributed by atoms with Crippen LogP contribution in [0.1, 0.15) is 19.8 Å². The first-order valence-electron chi connectivity index (χ1n) is 4.88. The van der Waals surface area contributed by atoms with Gasteiger partial charge in [0.05, 0.1) is 0 Å². The molecule has 0 aliphatic carbocycles. The number of carbonyl (C=O) groups excluding carboxylic acids is 1. The molecule has 1 aliphatic rings. The summed E-state index contributed by atoms with van der Waals surface area (Å²) in [5, 5.41) is 11.7. The maximum atomic E-state index is 11.0. The summed E-state index contributed by atoms with van der Waals surface area (Å²) in [6.07, 6.45) is 0.966. The number of aliphatic carboxylic acids is 1. The van der Waals surface area contributed by atoms with Crippen LogP contribution in [0.2, 0.25) is 0 Å². The summed E-state index contributed by atoms with van der Waals surface area (Å²) in [6, 6.07) is -0.456. The number of carbonyl (C=O) groups is 2. The SMILES string of the molecule is CCC(C(=O)O)N1CCNC(=O)CC1. The molecular formula is C9H16N2O3. The van der Waals surface area contributed by atoms with E-state index in [0.29, 0.717) is 32.5 Å². The first-order valence-corrected chi connectivity index (χ1v) is 4.88. The van der Waals surface area contributed by atoms with Crippen LogP contribution < -0.4 is 5.32 Å². The van der Waals surface area contributed by atoms with E-state index in [4.69, 9.17) is 5.11 Å². The van der Waals surface area contributed by atoms with Crippen molar-refractivity contribution in [3.05, 3.63) is 0 Å². The van der Waals surface area contributed by atoms with Crippen LogP contribution in [0.3, 0.4) is 0 Å². The molecule has 1 saturated heterocycles. The molecule has 14 heavy (non-hydrogen) atoms. The van der Waals surface area contributed by atoms with Gasteiger partial charge in [0, 0.05) is 26.1 Å². The first-order chi connectivity index (χ1) is 6.65. The Morgan fingerprint density at radius 3 is 2.93 bits per heavy atom. The molecule has 1 amide bonds. The standard InChI is InChI=1S/C9H16N2O3/c1-2-7(9(13)14)11-5-3-8(12)10-4-6-11/h7H,2-6H2,1H3,(H,10,12)(H,13,14). The number of hydrogen-bond acceptors (Lipinski definition) is 3. The number of carboxylic acid groups (broad SMARTS) is 1. The van der Waals surface area contributed by atoms with Gasteiger partial charge < -0.3 is 10.4 Å². The van der Waals surface area contributed by atoms with Crippen molar-refractivity contribution in [2.24, 2.45) is 0 Å². The van der Waals surface area contributed by atoms with Gasteiger partial charge in [-0.15, -0.1) is 0 Å². The molecule has 1 fully saturated rings. The molecule has 0 spiro atoms. The van der Waals surface area contributed by atoms with E-state index in [0.717, 1.165) is 0 Å². The number of carboxylic acids is 1. The van der Waals surface area contributed by atoms with Crippen molar-refractivity contribution in [3.8, 4) is 0 Å². The van der Waals surface area contributed by atoms with Gasteiger partial charge in [-0.1, -0.05) is 6.92 Å². The highest BCUT2D eigenvalue weighted by Gasteiger charge is 2.25. The normalized spacial score (nSPS) is 21.1. The van der Waals surface area contributed by atoms with E-state index in [-0.39, 0.29) is 5.91 Å². The lowest BCUT2D eigenvalue weighted by molar-refractivity contribution is -0.143. The van der Waals surface area contributed by atoms with Crippen molar-refractivity contribution in [3.63, 3.8) is 0 Å². The minimum atomic E-state index is -0.804. The average molecular weight is 200 g/mol. The quantitative estimate of drug-likeness (QED) is 0.654. The number of amides is 1. The molecule has 0 saturated carbocycles. The van der Waals surface area contributed by atoms with Crippen molar-refractivity contribution >= 4 is 11.9 Å². The van der Waals surface area contributed by atoms with Crippen LogP contribution in [0.15, 0.2) is 0 Å². The van der Waals surface area contributed by atoms with Crippen LogP contribution in [0.5, 0.6) is 0 Å². The summed E-state index contributed by atoms with van der Waals surface area (Å²) in [4.78, 5) is 23.7. The van der Waals surface area contributed by atoms with E-state index in [2.05, 4.69) is 5.32 Å². The van der Waals surface area contributed by atoms with E-state index in [1.165, 1.54) is 0 Å². The van der Waals surface area contributed by atoms with E-state index in [1.54, 1.807) is 0 Å². The third-order valence-electron chi connectivity index (χ3n) is 2.46. The molecule has 1 rings (SSSR count). The van der Waals surface area contributed by atoms with Crippen LogP contribution in [-0.4, -0.2) is 47.6 Å². The Morgan fingerprint density at radius 2 is 2.36 bits per heavy atom. The predicted molar refractivity (Wildman–Crippen MR) is 50.9 cm³/mol. The highest BCUT2D eigenvalue weighted by Crippen LogP contribution is 2.07. The number of nitrogens with zero attached hydrogens (tertiary/aromatic N) is 1. The molecule has 0 bridgehead atoms. The molecule has 0 aromatic heterocycles. The van der Waals surface area contributed by atoms with Gasteiger partial charge in [-0.25, -0.2) is 0 Å². The van der Waals surface area contributed by atoms with E-state index >= 15 is 0 Å². The van der Waals surface area contributed by atoms with Crippen molar-refractivity contribution in [2.45, 2.75) is 25.8 Å². The minimum Gasteiger partial charge on any atom is -0.480 e. The van der Waals surface area contributed by atoms with Gasteiger partial charge >= 0.3 is 5.97 Å². The largest absolute Gasteiger partial charge is 0.480 e.